The lowest BCUT2D eigenvalue weighted by Crippen LogP contribution is -2.40. The van der Waals surface area contributed by atoms with Crippen molar-refractivity contribution in [1.29, 1.82) is 0 Å². The molecular formula is C15H23ClN2O. The van der Waals surface area contributed by atoms with Gasteiger partial charge in [0.2, 0.25) is 0 Å². The zero-order valence-corrected chi connectivity index (χ0v) is 12.3. The summed E-state index contributed by atoms with van der Waals surface area (Å²) in [5.74, 6) is 0. The van der Waals surface area contributed by atoms with E-state index in [4.69, 9.17) is 22.1 Å². The summed E-state index contributed by atoms with van der Waals surface area (Å²) in [5.41, 5.74) is 8.14. The predicted octanol–water partition coefficient (Wildman–Crippen LogP) is 3.19. The summed E-state index contributed by atoms with van der Waals surface area (Å²) in [6.07, 6.45) is 3.74. The molecule has 0 saturated carbocycles. The molecule has 1 aliphatic rings. The number of rotatable bonds is 5. The van der Waals surface area contributed by atoms with Crippen molar-refractivity contribution in [3.63, 3.8) is 0 Å². The number of hydrogen-bond donors (Lipinski definition) is 1. The second kappa shape index (κ2) is 7.13. The molecule has 0 bridgehead atoms. The van der Waals surface area contributed by atoms with E-state index in [1.54, 1.807) is 0 Å². The van der Waals surface area contributed by atoms with Crippen LogP contribution >= 0.6 is 11.6 Å². The number of anilines is 1. The summed E-state index contributed by atoms with van der Waals surface area (Å²) in [4.78, 5) is 2.38. The SMILES string of the molecule is CCCOC1CCCN(c2ccc(Cl)cc2CN)C1. The Morgan fingerprint density at radius 1 is 1.47 bits per heavy atom. The number of hydrogen-bond acceptors (Lipinski definition) is 3. The van der Waals surface area contributed by atoms with Gasteiger partial charge in [-0.3, -0.25) is 0 Å². The van der Waals surface area contributed by atoms with Gasteiger partial charge in [-0.1, -0.05) is 18.5 Å². The largest absolute Gasteiger partial charge is 0.376 e. The van der Waals surface area contributed by atoms with Crippen LogP contribution in [0.25, 0.3) is 0 Å². The van der Waals surface area contributed by atoms with Gasteiger partial charge in [-0.25, -0.2) is 0 Å². The first-order valence-corrected chi connectivity index (χ1v) is 7.47. The molecule has 1 unspecified atom stereocenters. The maximum atomic E-state index is 6.03. The number of benzene rings is 1. The van der Waals surface area contributed by atoms with E-state index in [0.29, 0.717) is 12.6 Å². The van der Waals surface area contributed by atoms with Crippen LogP contribution in [0.5, 0.6) is 0 Å². The average molecular weight is 283 g/mol. The quantitative estimate of drug-likeness (QED) is 0.901. The van der Waals surface area contributed by atoms with E-state index >= 15 is 0 Å². The lowest BCUT2D eigenvalue weighted by atomic mass is 10.0. The van der Waals surface area contributed by atoms with Crippen LogP contribution in [0.3, 0.4) is 0 Å². The van der Waals surface area contributed by atoms with Crippen molar-refractivity contribution in [2.75, 3.05) is 24.6 Å². The zero-order chi connectivity index (χ0) is 13.7. The van der Waals surface area contributed by atoms with Crippen LogP contribution in [-0.2, 0) is 11.3 Å². The minimum absolute atomic E-state index is 0.343. The second-order valence-electron chi connectivity index (χ2n) is 5.06. The fraction of sp³-hybridized carbons (Fsp3) is 0.600. The van der Waals surface area contributed by atoms with Gasteiger partial charge in [0.25, 0.3) is 0 Å². The summed E-state index contributed by atoms with van der Waals surface area (Å²) >= 11 is 6.03. The van der Waals surface area contributed by atoms with Crippen molar-refractivity contribution in [3.05, 3.63) is 28.8 Å². The fourth-order valence-corrected chi connectivity index (χ4v) is 2.80. The average Bonchev–Trinajstić information content (AvgIpc) is 2.45. The van der Waals surface area contributed by atoms with Gasteiger partial charge in [0.15, 0.2) is 0 Å². The van der Waals surface area contributed by atoms with E-state index < -0.39 is 0 Å². The van der Waals surface area contributed by atoms with E-state index in [1.807, 2.05) is 12.1 Å². The third kappa shape index (κ3) is 3.85. The van der Waals surface area contributed by atoms with Crippen LogP contribution < -0.4 is 10.6 Å². The number of ether oxygens (including phenoxy) is 1. The molecule has 0 radical (unpaired) electrons. The van der Waals surface area contributed by atoms with Gasteiger partial charge < -0.3 is 15.4 Å². The van der Waals surface area contributed by atoms with E-state index in [0.717, 1.165) is 43.1 Å². The Balaban J connectivity index is 2.08. The van der Waals surface area contributed by atoms with E-state index in [-0.39, 0.29) is 0 Å². The van der Waals surface area contributed by atoms with Gasteiger partial charge in [0.05, 0.1) is 6.10 Å². The van der Waals surface area contributed by atoms with Gasteiger partial charge in [-0.15, -0.1) is 0 Å². The molecule has 1 fully saturated rings. The Morgan fingerprint density at radius 2 is 2.32 bits per heavy atom. The fourth-order valence-electron chi connectivity index (χ4n) is 2.60. The Bertz CT molecular complexity index is 411. The molecule has 0 amide bonds. The van der Waals surface area contributed by atoms with Gasteiger partial charge in [-0.2, -0.15) is 0 Å². The van der Waals surface area contributed by atoms with Crippen molar-refractivity contribution in [1.82, 2.24) is 0 Å². The minimum Gasteiger partial charge on any atom is -0.376 e. The highest BCUT2D eigenvalue weighted by molar-refractivity contribution is 6.30. The molecule has 3 nitrogen and oxygen atoms in total. The smallest absolute Gasteiger partial charge is 0.0750 e. The summed E-state index contributed by atoms with van der Waals surface area (Å²) in [7, 11) is 0. The molecule has 2 rings (SSSR count). The zero-order valence-electron chi connectivity index (χ0n) is 11.6. The molecule has 19 heavy (non-hydrogen) atoms. The summed E-state index contributed by atoms with van der Waals surface area (Å²) in [6, 6.07) is 5.98. The monoisotopic (exact) mass is 282 g/mol. The van der Waals surface area contributed by atoms with Gasteiger partial charge in [0, 0.05) is 37.0 Å². The highest BCUT2D eigenvalue weighted by atomic mass is 35.5. The highest BCUT2D eigenvalue weighted by Crippen LogP contribution is 2.27. The highest BCUT2D eigenvalue weighted by Gasteiger charge is 2.21. The Kier molecular flexibility index (Phi) is 5.49. The Hall–Kier alpha value is -0.770. The van der Waals surface area contributed by atoms with Crippen molar-refractivity contribution in [2.24, 2.45) is 5.73 Å². The Morgan fingerprint density at radius 3 is 3.05 bits per heavy atom. The van der Waals surface area contributed by atoms with Crippen molar-refractivity contribution < 1.29 is 4.74 Å². The number of nitrogens with two attached hydrogens (primary N) is 1. The summed E-state index contributed by atoms with van der Waals surface area (Å²) in [5, 5.41) is 0.750. The van der Waals surface area contributed by atoms with Crippen LogP contribution in [-0.4, -0.2) is 25.8 Å². The van der Waals surface area contributed by atoms with Gasteiger partial charge >= 0.3 is 0 Å². The molecule has 1 saturated heterocycles. The minimum atomic E-state index is 0.343. The molecular weight excluding hydrogens is 260 g/mol. The van der Waals surface area contributed by atoms with E-state index in [1.165, 1.54) is 12.1 Å². The number of piperidine rings is 1. The summed E-state index contributed by atoms with van der Waals surface area (Å²) < 4.78 is 5.88. The molecule has 106 valence electrons. The topological polar surface area (TPSA) is 38.5 Å². The second-order valence-corrected chi connectivity index (χ2v) is 5.49. The van der Waals surface area contributed by atoms with Crippen molar-refractivity contribution in [3.8, 4) is 0 Å². The molecule has 0 spiro atoms. The molecule has 1 aliphatic heterocycles. The third-order valence-corrected chi connectivity index (χ3v) is 3.77. The lowest BCUT2D eigenvalue weighted by Gasteiger charge is -2.35. The third-order valence-electron chi connectivity index (χ3n) is 3.54. The van der Waals surface area contributed by atoms with Gasteiger partial charge in [-0.05, 0) is 43.0 Å². The Labute approximate surface area is 120 Å². The van der Waals surface area contributed by atoms with E-state index in [2.05, 4.69) is 17.9 Å². The van der Waals surface area contributed by atoms with E-state index in [9.17, 15) is 0 Å². The number of halogens is 1. The standard InChI is InChI=1S/C15H23ClN2O/c1-2-8-19-14-4-3-7-18(11-14)15-6-5-13(16)9-12(15)10-17/h5-6,9,14H,2-4,7-8,10-11,17H2,1H3. The predicted molar refractivity (Wildman–Crippen MR) is 80.8 cm³/mol. The summed E-state index contributed by atoms with van der Waals surface area (Å²) in [6.45, 7) is 5.54. The van der Waals surface area contributed by atoms with Crippen LogP contribution in [0, 0.1) is 0 Å². The number of nitrogens with zero attached hydrogens (tertiary/aromatic N) is 1. The van der Waals surface area contributed by atoms with Crippen molar-refractivity contribution >= 4 is 17.3 Å². The molecule has 1 aromatic carbocycles. The normalized spacial score (nSPS) is 19.7. The first-order chi connectivity index (χ1) is 9.24. The van der Waals surface area contributed by atoms with Crippen LogP contribution in [0.2, 0.25) is 5.02 Å². The maximum Gasteiger partial charge on any atom is 0.0750 e. The molecule has 1 atom stereocenters. The molecule has 0 aliphatic carbocycles. The first-order valence-electron chi connectivity index (χ1n) is 7.09. The lowest BCUT2D eigenvalue weighted by molar-refractivity contribution is 0.0440. The van der Waals surface area contributed by atoms with Crippen molar-refractivity contribution in [2.45, 2.75) is 38.8 Å². The van der Waals surface area contributed by atoms with Gasteiger partial charge in [0.1, 0.15) is 0 Å². The molecule has 4 heteroatoms. The molecule has 1 heterocycles. The first kappa shape index (κ1) is 14.6. The maximum absolute atomic E-state index is 6.03. The molecule has 0 aromatic heterocycles. The van der Waals surface area contributed by atoms with Crippen LogP contribution in [0.1, 0.15) is 31.7 Å². The molecule has 1 aromatic rings. The van der Waals surface area contributed by atoms with Crippen LogP contribution in [0.15, 0.2) is 18.2 Å². The van der Waals surface area contributed by atoms with Crippen LogP contribution in [0.4, 0.5) is 5.69 Å². The molecule has 2 N–H and O–H groups in total.